The second-order valence-electron chi connectivity index (χ2n) is 6.39. The van der Waals surface area contributed by atoms with Crippen molar-refractivity contribution in [3.05, 3.63) is 48.6 Å². The van der Waals surface area contributed by atoms with Crippen LogP contribution >= 0.6 is 0 Å². The van der Waals surface area contributed by atoms with Crippen molar-refractivity contribution >= 4 is 5.97 Å². The molecule has 0 saturated heterocycles. The van der Waals surface area contributed by atoms with Crippen molar-refractivity contribution in [3.8, 4) is 23.7 Å². The Morgan fingerprint density at radius 2 is 1.70 bits per heavy atom. The molecule has 0 spiro atoms. The van der Waals surface area contributed by atoms with Crippen molar-refractivity contribution in [2.75, 3.05) is 0 Å². The first-order valence-corrected chi connectivity index (χ1v) is 9.75. The number of aliphatic hydroxyl groups is 1. The van der Waals surface area contributed by atoms with Crippen molar-refractivity contribution in [1.82, 2.24) is 0 Å². The van der Waals surface area contributed by atoms with Gasteiger partial charge in [0.15, 0.2) is 6.10 Å². The number of unbranched alkanes of at least 4 members (excludes halogenated alkanes) is 6. The fraction of sp³-hybridized carbons (Fsp3) is 0.458. The van der Waals surface area contributed by atoms with Crippen LogP contribution in [0.4, 0.5) is 0 Å². The van der Waals surface area contributed by atoms with Crippen molar-refractivity contribution in [2.45, 2.75) is 70.5 Å². The highest BCUT2D eigenvalue weighted by molar-refractivity contribution is 5.89. The van der Waals surface area contributed by atoms with Gasteiger partial charge in [0, 0.05) is 0 Å². The zero-order chi connectivity index (χ0) is 19.7. The van der Waals surface area contributed by atoms with E-state index in [1.54, 1.807) is 24.3 Å². The summed E-state index contributed by atoms with van der Waals surface area (Å²) in [5.74, 6) is 10.3. The van der Waals surface area contributed by atoms with Gasteiger partial charge in [-0.3, -0.25) is 0 Å². The normalized spacial score (nSPS) is 11.9. The first-order chi connectivity index (χ1) is 13.2. The summed E-state index contributed by atoms with van der Waals surface area (Å²) in [5.41, 5.74) is 0.511. The van der Waals surface area contributed by atoms with Crippen LogP contribution in [0.15, 0.2) is 43.0 Å². The van der Waals surface area contributed by atoms with E-state index >= 15 is 0 Å². The Labute approximate surface area is 163 Å². The highest BCUT2D eigenvalue weighted by atomic mass is 16.5. The summed E-state index contributed by atoms with van der Waals surface area (Å²) in [7, 11) is 0. The Balaban J connectivity index is 2.57. The molecule has 0 aromatic heterocycles. The van der Waals surface area contributed by atoms with Crippen LogP contribution in [-0.2, 0) is 4.74 Å². The molecule has 1 aromatic carbocycles. The van der Waals surface area contributed by atoms with E-state index in [2.05, 4.69) is 37.2 Å². The van der Waals surface area contributed by atoms with Crippen molar-refractivity contribution < 1.29 is 14.6 Å². The number of carbonyl (C=O) groups excluding carboxylic acids is 1. The van der Waals surface area contributed by atoms with E-state index in [4.69, 9.17) is 4.74 Å². The van der Waals surface area contributed by atoms with Crippen LogP contribution < -0.4 is 0 Å². The lowest BCUT2D eigenvalue weighted by molar-refractivity contribution is 0.0393. The predicted octanol–water partition coefficient (Wildman–Crippen LogP) is 4.91. The first kappa shape index (κ1) is 22.6. The number of benzene rings is 1. The molecule has 1 rings (SSSR count). The Morgan fingerprint density at radius 1 is 1.07 bits per heavy atom. The summed E-state index contributed by atoms with van der Waals surface area (Å²) >= 11 is 0. The van der Waals surface area contributed by atoms with Gasteiger partial charge in [0.2, 0.25) is 0 Å². The topological polar surface area (TPSA) is 46.5 Å². The molecule has 0 aliphatic rings. The summed E-state index contributed by atoms with van der Waals surface area (Å²) in [6.07, 6.45) is 8.94. The average molecular weight is 367 g/mol. The van der Waals surface area contributed by atoms with E-state index in [1.807, 2.05) is 6.07 Å². The third kappa shape index (κ3) is 11.0. The quantitative estimate of drug-likeness (QED) is 0.262. The molecule has 1 N–H and O–H groups in total. The molecule has 3 heteroatoms. The van der Waals surface area contributed by atoms with E-state index in [0.717, 1.165) is 12.8 Å². The zero-order valence-electron chi connectivity index (χ0n) is 16.2. The molecule has 144 valence electrons. The van der Waals surface area contributed by atoms with Gasteiger partial charge in [0.1, 0.15) is 6.10 Å². The maximum absolute atomic E-state index is 12.3. The highest BCUT2D eigenvalue weighted by Gasteiger charge is 2.13. The van der Waals surface area contributed by atoms with Crippen molar-refractivity contribution in [1.29, 1.82) is 0 Å². The molecule has 0 aliphatic carbocycles. The lowest BCUT2D eigenvalue weighted by Crippen LogP contribution is -2.16. The minimum atomic E-state index is -0.896. The second-order valence-corrected chi connectivity index (χ2v) is 6.39. The summed E-state index contributed by atoms with van der Waals surface area (Å²) in [5, 5.41) is 9.33. The van der Waals surface area contributed by atoms with Crippen LogP contribution in [0.3, 0.4) is 0 Å². The number of aliphatic hydroxyl groups excluding tert-OH is 1. The van der Waals surface area contributed by atoms with Crippen molar-refractivity contribution in [2.24, 2.45) is 0 Å². The number of ether oxygens (including phenoxy) is 1. The van der Waals surface area contributed by atoms with Crippen LogP contribution in [0.25, 0.3) is 0 Å². The smallest absolute Gasteiger partial charge is 0.339 e. The lowest BCUT2D eigenvalue weighted by Gasteiger charge is -2.12. The monoisotopic (exact) mass is 366 g/mol. The third-order valence-electron chi connectivity index (χ3n) is 4.07. The number of hydrogen-bond acceptors (Lipinski definition) is 3. The molecular formula is C24H30O3. The van der Waals surface area contributed by atoms with E-state index in [1.165, 1.54) is 38.2 Å². The molecule has 3 nitrogen and oxygen atoms in total. The standard InChI is InChI=1S/C24H30O3/c1-3-5-6-7-8-9-13-19-23(20-15-14-18-22(25)4-2)27-24(26)21-16-11-10-12-17-21/h4,10-12,16-17,22-23,25H,2-3,5-9,13,19H2,1H3. The highest BCUT2D eigenvalue weighted by Crippen LogP contribution is 2.12. The largest absolute Gasteiger partial charge is 0.446 e. The van der Waals surface area contributed by atoms with E-state index in [9.17, 15) is 9.90 Å². The summed E-state index contributed by atoms with van der Waals surface area (Å²) in [6.45, 7) is 5.66. The fourth-order valence-electron chi connectivity index (χ4n) is 2.50. The summed E-state index contributed by atoms with van der Waals surface area (Å²) in [6, 6.07) is 8.90. The molecule has 1 aromatic rings. The minimum Gasteiger partial charge on any atom is -0.446 e. The number of esters is 1. The first-order valence-electron chi connectivity index (χ1n) is 9.75. The zero-order valence-corrected chi connectivity index (χ0v) is 16.2. The SMILES string of the molecule is C=CC(O)C#CC#CC(CCCCCCCCC)OC(=O)c1ccccc1. The number of rotatable bonds is 11. The molecule has 0 aliphatic heterocycles. The van der Waals surface area contributed by atoms with Crippen LogP contribution in [-0.4, -0.2) is 23.3 Å². The number of carbonyl (C=O) groups is 1. The van der Waals surface area contributed by atoms with Gasteiger partial charge >= 0.3 is 5.97 Å². The fourth-order valence-corrected chi connectivity index (χ4v) is 2.50. The Hall–Kier alpha value is -2.49. The summed E-state index contributed by atoms with van der Waals surface area (Å²) < 4.78 is 5.55. The predicted molar refractivity (Wildman–Crippen MR) is 110 cm³/mol. The second kappa shape index (κ2) is 14.7. The molecule has 2 unspecified atom stereocenters. The van der Waals surface area contributed by atoms with Gasteiger partial charge in [-0.15, -0.1) is 0 Å². The van der Waals surface area contributed by atoms with E-state index in [0.29, 0.717) is 12.0 Å². The van der Waals surface area contributed by atoms with Gasteiger partial charge in [-0.05, 0) is 42.7 Å². The molecule has 0 saturated carbocycles. The molecule has 0 fully saturated rings. The van der Waals surface area contributed by atoms with Gasteiger partial charge in [-0.1, -0.05) is 82.2 Å². The van der Waals surface area contributed by atoms with Gasteiger partial charge in [-0.25, -0.2) is 4.79 Å². The molecular weight excluding hydrogens is 336 g/mol. The van der Waals surface area contributed by atoms with Crippen LogP contribution in [0.5, 0.6) is 0 Å². The van der Waals surface area contributed by atoms with Gasteiger partial charge in [-0.2, -0.15) is 0 Å². The number of hydrogen-bond donors (Lipinski definition) is 1. The Kier molecular flexibility index (Phi) is 12.2. The van der Waals surface area contributed by atoms with Crippen LogP contribution in [0, 0.1) is 23.7 Å². The van der Waals surface area contributed by atoms with E-state index < -0.39 is 12.2 Å². The Morgan fingerprint density at radius 3 is 2.37 bits per heavy atom. The van der Waals surface area contributed by atoms with E-state index in [-0.39, 0.29) is 5.97 Å². The summed E-state index contributed by atoms with van der Waals surface area (Å²) in [4.78, 5) is 12.3. The lowest BCUT2D eigenvalue weighted by atomic mass is 10.1. The van der Waals surface area contributed by atoms with Crippen molar-refractivity contribution in [3.63, 3.8) is 0 Å². The Bertz CT molecular complexity index is 670. The van der Waals surface area contributed by atoms with Gasteiger partial charge in [0.05, 0.1) is 5.56 Å². The average Bonchev–Trinajstić information content (AvgIpc) is 2.70. The maximum Gasteiger partial charge on any atom is 0.339 e. The van der Waals surface area contributed by atoms with Crippen LogP contribution in [0.2, 0.25) is 0 Å². The van der Waals surface area contributed by atoms with Gasteiger partial charge < -0.3 is 9.84 Å². The molecule has 0 bridgehead atoms. The molecule has 0 radical (unpaired) electrons. The third-order valence-corrected chi connectivity index (χ3v) is 4.07. The molecule has 0 amide bonds. The van der Waals surface area contributed by atoms with Gasteiger partial charge in [0.25, 0.3) is 0 Å². The molecule has 2 atom stereocenters. The molecule has 27 heavy (non-hydrogen) atoms. The maximum atomic E-state index is 12.3. The van der Waals surface area contributed by atoms with Crippen LogP contribution in [0.1, 0.15) is 68.6 Å². The minimum absolute atomic E-state index is 0.378. The molecule has 0 heterocycles.